The third-order valence-electron chi connectivity index (χ3n) is 2.52. The predicted molar refractivity (Wildman–Crippen MR) is 77.2 cm³/mol. The van der Waals surface area contributed by atoms with Gasteiger partial charge in [0.05, 0.1) is 7.11 Å². The summed E-state index contributed by atoms with van der Waals surface area (Å²) in [6.45, 7) is 1.45. The highest BCUT2D eigenvalue weighted by Crippen LogP contribution is 2.45. The molecule has 0 aliphatic rings. The van der Waals surface area contributed by atoms with E-state index < -0.39 is 7.52 Å². The van der Waals surface area contributed by atoms with Gasteiger partial charge in [-0.2, -0.15) is 0 Å². The molecule has 2 aromatic carbocycles. The summed E-state index contributed by atoms with van der Waals surface area (Å²) in [6.07, 6.45) is 0. The molecule has 1 atom stereocenters. The predicted octanol–water partition coefficient (Wildman–Crippen LogP) is 4.15. The van der Waals surface area contributed by atoms with Crippen LogP contribution in [0.25, 0.3) is 0 Å². The van der Waals surface area contributed by atoms with Crippen LogP contribution in [0.1, 0.15) is 0 Å². The maximum Gasteiger partial charge on any atom is 0.338 e. The summed E-state index contributed by atoms with van der Waals surface area (Å²) in [4.78, 5) is 0. The number of para-hydroxylation sites is 2. The number of nitrogens with one attached hydrogen (secondary N) is 1. The highest BCUT2D eigenvalue weighted by molar-refractivity contribution is 7.60. The fraction of sp³-hybridized carbons (Fsp3) is 0.143. The fourth-order valence-corrected chi connectivity index (χ4v) is 2.85. The van der Waals surface area contributed by atoms with Crippen LogP contribution in [0.5, 0.6) is 11.5 Å². The molecule has 106 valence electrons. The molecule has 20 heavy (non-hydrogen) atoms. The number of hydrogen-bond acceptors (Lipinski definition) is 3. The first kappa shape index (κ1) is 14.4. The van der Waals surface area contributed by atoms with E-state index in [4.69, 9.17) is 9.26 Å². The van der Waals surface area contributed by atoms with Crippen molar-refractivity contribution in [3.63, 3.8) is 0 Å². The van der Waals surface area contributed by atoms with E-state index >= 15 is 0 Å². The van der Waals surface area contributed by atoms with Gasteiger partial charge in [-0.1, -0.05) is 12.1 Å². The number of halogens is 1. The first-order valence-electron chi connectivity index (χ1n) is 5.94. The Kier molecular flexibility index (Phi) is 4.30. The van der Waals surface area contributed by atoms with Crippen molar-refractivity contribution < 1.29 is 18.2 Å². The number of rotatable bonds is 5. The Hall–Kier alpha value is -2.00. The van der Waals surface area contributed by atoms with E-state index in [1.54, 1.807) is 24.3 Å². The molecule has 0 aromatic heterocycles. The first-order chi connectivity index (χ1) is 9.50. The quantitative estimate of drug-likeness (QED) is 0.842. The zero-order valence-corrected chi connectivity index (χ0v) is 12.1. The molecular weight excluding hydrogens is 280 g/mol. The largest absolute Gasteiger partial charge is 0.493 e. The van der Waals surface area contributed by atoms with Crippen LogP contribution in [-0.2, 0) is 4.57 Å². The molecule has 0 aliphatic heterocycles. The van der Waals surface area contributed by atoms with Crippen molar-refractivity contribution in [1.29, 1.82) is 0 Å². The minimum Gasteiger partial charge on any atom is -0.493 e. The van der Waals surface area contributed by atoms with Gasteiger partial charge < -0.3 is 14.3 Å². The lowest BCUT2D eigenvalue weighted by Gasteiger charge is -2.18. The molecule has 0 amide bonds. The van der Waals surface area contributed by atoms with E-state index in [2.05, 4.69) is 5.09 Å². The summed E-state index contributed by atoms with van der Waals surface area (Å²) in [5.74, 6) is 0.526. The van der Waals surface area contributed by atoms with Gasteiger partial charge in [0.2, 0.25) is 0 Å². The lowest BCUT2D eigenvalue weighted by atomic mass is 10.3. The van der Waals surface area contributed by atoms with Gasteiger partial charge in [-0.15, -0.1) is 0 Å². The summed E-state index contributed by atoms with van der Waals surface area (Å²) >= 11 is 0. The molecule has 0 spiro atoms. The van der Waals surface area contributed by atoms with E-state index in [0.29, 0.717) is 17.2 Å². The van der Waals surface area contributed by atoms with Crippen molar-refractivity contribution in [3.8, 4) is 11.5 Å². The maximum absolute atomic E-state index is 12.8. The Bertz CT molecular complexity index is 631. The van der Waals surface area contributed by atoms with Gasteiger partial charge in [-0.3, -0.25) is 4.57 Å². The van der Waals surface area contributed by atoms with Gasteiger partial charge in [-0.05, 0) is 36.4 Å². The van der Waals surface area contributed by atoms with E-state index in [1.165, 1.54) is 38.0 Å². The van der Waals surface area contributed by atoms with Crippen LogP contribution in [0.2, 0.25) is 0 Å². The smallest absolute Gasteiger partial charge is 0.338 e. The van der Waals surface area contributed by atoms with Gasteiger partial charge in [0.15, 0.2) is 11.5 Å². The standard InChI is InChI=1S/C14H15FNO3P/c1-18-13-5-3-4-6-14(13)19-20(2,17)16-12-9-7-11(15)8-10-12/h3-10H,1-2H3,(H,16,17)/t20-/m0/s1. The van der Waals surface area contributed by atoms with Crippen molar-refractivity contribution in [3.05, 3.63) is 54.3 Å². The molecule has 0 fully saturated rings. The second-order valence-electron chi connectivity index (χ2n) is 4.21. The summed E-state index contributed by atoms with van der Waals surface area (Å²) in [5, 5.41) is 2.76. The topological polar surface area (TPSA) is 47.6 Å². The van der Waals surface area contributed by atoms with Crippen molar-refractivity contribution in [2.75, 3.05) is 18.9 Å². The van der Waals surface area contributed by atoms with Crippen LogP contribution in [0.3, 0.4) is 0 Å². The van der Waals surface area contributed by atoms with Crippen LogP contribution >= 0.6 is 7.52 Å². The Morgan fingerprint density at radius 3 is 2.25 bits per heavy atom. The second-order valence-corrected chi connectivity index (χ2v) is 6.30. The lowest BCUT2D eigenvalue weighted by Crippen LogP contribution is -2.03. The third kappa shape index (κ3) is 3.75. The Morgan fingerprint density at radius 1 is 1.05 bits per heavy atom. The molecule has 0 unspecified atom stereocenters. The summed E-state index contributed by atoms with van der Waals surface area (Å²) in [7, 11) is -1.63. The van der Waals surface area contributed by atoms with Gasteiger partial charge in [0, 0.05) is 12.4 Å². The summed E-state index contributed by atoms with van der Waals surface area (Å²) in [6, 6.07) is 12.5. The Morgan fingerprint density at radius 2 is 1.65 bits per heavy atom. The van der Waals surface area contributed by atoms with Crippen molar-refractivity contribution in [2.24, 2.45) is 0 Å². The van der Waals surface area contributed by atoms with Crippen LogP contribution in [0, 0.1) is 5.82 Å². The van der Waals surface area contributed by atoms with E-state index in [1.807, 2.05) is 0 Å². The molecular formula is C14H15FNO3P. The van der Waals surface area contributed by atoms with Gasteiger partial charge in [0.1, 0.15) is 5.82 Å². The normalized spacial score (nSPS) is 13.3. The van der Waals surface area contributed by atoms with Crippen LogP contribution < -0.4 is 14.3 Å². The first-order valence-corrected chi connectivity index (χ1v) is 8.01. The van der Waals surface area contributed by atoms with E-state index in [9.17, 15) is 8.96 Å². The highest BCUT2D eigenvalue weighted by atomic mass is 31.2. The fourth-order valence-electron chi connectivity index (χ4n) is 1.66. The average molecular weight is 295 g/mol. The van der Waals surface area contributed by atoms with Crippen molar-refractivity contribution in [1.82, 2.24) is 0 Å². The highest BCUT2D eigenvalue weighted by Gasteiger charge is 2.19. The van der Waals surface area contributed by atoms with E-state index in [-0.39, 0.29) is 5.82 Å². The van der Waals surface area contributed by atoms with Gasteiger partial charge in [0.25, 0.3) is 0 Å². The molecule has 0 heterocycles. The molecule has 0 bridgehead atoms. The van der Waals surface area contributed by atoms with Crippen LogP contribution in [0.4, 0.5) is 10.1 Å². The Balaban J connectivity index is 2.14. The van der Waals surface area contributed by atoms with Crippen LogP contribution in [-0.4, -0.2) is 13.8 Å². The number of hydrogen-bond donors (Lipinski definition) is 1. The number of methoxy groups -OCH3 is 1. The molecule has 6 heteroatoms. The third-order valence-corrected chi connectivity index (χ3v) is 3.73. The van der Waals surface area contributed by atoms with Gasteiger partial charge in [-0.25, -0.2) is 4.39 Å². The SMILES string of the molecule is COc1ccccc1O[P@](C)(=O)Nc1ccc(F)cc1. The van der Waals surface area contributed by atoms with Gasteiger partial charge >= 0.3 is 7.52 Å². The molecule has 1 N–H and O–H groups in total. The maximum atomic E-state index is 12.8. The summed E-state index contributed by atoms with van der Waals surface area (Å²) < 4.78 is 35.9. The molecule has 0 saturated heterocycles. The molecule has 4 nitrogen and oxygen atoms in total. The zero-order valence-electron chi connectivity index (χ0n) is 11.2. The molecule has 2 aromatic rings. The minimum absolute atomic E-state index is 0.355. The zero-order chi connectivity index (χ0) is 14.6. The number of ether oxygens (including phenoxy) is 1. The minimum atomic E-state index is -3.14. The number of benzene rings is 2. The lowest BCUT2D eigenvalue weighted by molar-refractivity contribution is 0.391. The monoisotopic (exact) mass is 295 g/mol. The average Bonchev–Trinajstić information content (AvgIpc) is 2.41. The van der Waals surface area contributed by atoms with E-state index in [0.717, 1.165) is 0 Å². The number of anilines is 1. The molecule has 0 radical (unpaired) electrons. The molecule has 0 saturated carbocycles. The second kappa shape index (κ2) is 5.97. The summed E-state index contributed by atoms with van der Waals surface area (Å²) in [5.41, 5.74) is 0.520. The molecule has 2 rings (SSSR count). The van der Waals surface area contributed by atoms with Crippen molar-refractivity contribution >= 4 is 13.2 Å². The molecule has 0 aliphatic carbocycles. The Labute approximate surface area is 117 Å². The van der Waals surface area contributed by atoms with Crippen molar-refractivity contribution in [2.45, 2.75) is 0 Å². The van der Waals surface area contributed by atoms with Crippen LogP contribution in [0.15, 0.2) is 48.5 Å².